The molecule has 1 aromatic heterocycles. The molecule has 0 spiro atoms. The van der Waals surface area contributed by atoms with Gasteiger partial charge in [0.05, 0.1) is 12.1 Å². The quantitative estimate of drug-likeness (QED) is 0.507. The predicted molar refractivity (Wildman–Crippen MR) is 122 cm³/mol. The molecule has 2 aliphatic rings. The molecule has 4 N–H and O–H groups in total. The number of benzene rings is 1. The molecule has 10 heteroatoms. The highest BCUT2D eigenvalue weighted by Gasteiger charge is 2.35. The second-order valence-corrected chi connectivity index (χ2v) is 9.16. The van der Waals surface area contributed by atoms with Gasteiger partial charge >= 0.3 is 12.0 Å². The maximum absolute atomic E-state index is 13.2. The van der Waals surface area contributed by atoms with Crippen LogP contribution < -0.4 is 11.1 Å². The lowest BCUT2D eigenvalue weighted by Gasteiger charge is -2.26. The van der Waals surface area contributed by atoms with Gasteiger partial charge in [0.15, 0.2) is 11.6 Å². The van der Waals surface area contributed by atoms with E-state index in [4.69, 9.17) is 15.4 Å². The summed E-state index contributed by atoms with van der Waals surface area (Å²) in [4.78, 5) is 42.0. The maximum atomic E-state index is 13.2. The highest BCUT2D eigenvalue weighted by Crippen LogP contribution is 2.39. The van der Waals surface area contributed by atoms with Gasteiger partial charge in [-0.2, -0.15) is 4.98 Å². The molecular weight excluding hydrogens is 438 g/mol. The fraction of sp³-hybridized carbons (Fsp3) is 0.542. The molecule has 10 nitrogen and oxygen atoms in total. The van der Waals surface area contributed by atoms with E-state index in [-0.39, 0.29) is 42.3 Å². The molecule has 0 saturated carbocycles. The Kier molecular flexibility index (Phi) is 7.26. The van der Waals surface area contributed by atoms with Crippen LogP contribution in [-0.2, 0) is 16.0 Å². The monoisotopic (exact) mass is 469 g/mol. The molecule has 2 heterocycles. The number of rotatable bonds is 9. The lowest BCUT2D eigenvalue weighted by atomic mass is 9.93. The summed E-state index contributed by atoms with van der Waals surface area (Å²) in [6.07, 6.45) is 3.99. The van der Waals surface area contributed by atoms with Crippen molar-refractivity contribution in [1.82, 2.24) is 20.4 Å². The summed E-state index contributed by atoms with van der Waals surface area (Å²) in [5.74, 6) is -0.324. The summed E-state index contributed by atoms with van der Waals surface area (Å²) in [6.45, 7) is 2.02. The van der Waals surface area contributed by atoms with Crippen molar-refractivity contribution in [3.8, 4) is 0 Å². The van der Waals surface area contributed by atoms with Crippen molar-refractivity contribution in [2.75, 3.05) is 6.54 Å². The average Bonchev–Trinajstić information content (AvgIpc) is 3.56. The van der Waals surface area contributed by atoms with Gasteiger partial charge in [0, 0.05) is 13.0 Å². The number of likely N-dealkylation sites (tertiary alicyclic amines) is 1. The summed E-state index contributed by atoms with van der Waals surface area (Å²) < 4.78 is 5.50. The van der Waals surface area contributed by atoms with Gasteiger partial charge in [-0.25, -0.2) is 4.79 Å². The fourth-order valence-corrected chi connectivity index (χ4v) is 5.01. The van der Waals surface area contributed by atoms with E-state index < -0.39 is 24.1 Å². The number of aryl methyl sites for hydroxylation is 1. The molecule has 2 amide bonds. The largest absolute Gasteiger partial charge is 0.481 e. The molecule has 1 saturated heterocycles. The zero-order valence-electron chi connectivity index (χ0n) is 19.3. The lowest BCUT2D eigenvalue weighted by molar-refractivity contribution is -0.137. The van der Waals surface area contributed by atoms with Gasteiger partial charge in [0.1, 0.15) is 6.04 Å². The molecule has 1 aromatic carbocycles. The number of carbonyl (C=O) groups excluding carboxylic acids is 2. The number of Topliss-reactive ketones (excluding diaryl/α,β-unsaturated/α-hetero) is 1. The summed E-state index contributed by atoms with van der Waals surface area (Å²) in [5.41, 5.74) is 8.61. The van der Waals surface area contributed by atoms with Crippen molar-refractivity contribution in [2.24, 2.45) is 5.73 Å². The number of urea groups is 1. The van der Waals surface area contributed by atoms with Gasteiger partial charge < -0.3 is 25.6 Å². The number of carboxylic acids is 1. The Bertz CT molecular complexity index is 1050. The highest BCUT2D eigenvalue weighted by atomic mass is 16.5. The van der Waals surface area contributed by atoms with E-state index >= 15 is 0 Å². The predicted octanol–water partition coefficient (Wildman–Crippen LogP) is 2.86. The van der Waals surface area contributed by atoms with E-state index in [0.29, 0.717) is 19.4 Å². The van der Waals surface area contributed by atoms with Crippen LogP contribution in [-0.4, -0.2) is 50.5 Å². The first kappa shape index (κ1) is 23.9. The van der Waals surface area contributed by atoms with E-state index in [9.17, 15) is 14.4 Å². The zero-order chi connectivity index (χ0) is 24.2. The lowest BCUT2D eigenvalue weighted by Crippen LogP contribution is -2.46. The number of nitrogens with zero attached hydrogens (tertiary/aromatic N) is 3. The number of nitrogens with one attached hydrogen (secondary N) is 1. The van der Waals surface area contributed by atoms with E-state index in [2.05, 4.69) is 27.6 Å². The Morgan fingerprint density at radius 1 is 1.29 bits per heavy atom. The minimum absolute atomic E-state index is 0.0293. The van der Waals surface area contributed by atoms with Gasteiger partial charge in [-0.3, -0.25) is 9.59 Å². The van der Waals surface area contributed by atoms with E-state index in [0.717, 1.165) is 19.3 Å². The summed E-state index contributed by atoms with van der Waals surface area (Å²) in [5, 5.41) is 15.9. The number of carboxylic acid groups (broad SMARTS) is 1. The molecule has 4 rings (SSSR count). The van der Waals surface area contributed by atoms with Crippen LogP contribution in [0.5, 0.6) is 0 Å². The van der Waals surface area contributed by atoms with Crippen molar-refractivity contribution in [3.63, 3.8) is 0 Å². The van der Waals surface area contributed by atoms with Crippen molar-refractivity contribution in [2.45, 2.75) is 75.9 Å². The molecule has 1 aliphatic heterocycles. The molecule has 4 atom stereocenters. The second-order valence-electron chi connectivity index (χ2n) is 9.16. The first-order valence-corrected chi connectivity index (χ1v) is 11.8. The van der Waals surface area contributed by atoms with Crippen molar-refractivity contribution < 1.29 is 24.0 Å². The van der Waals surface area contributed by atoms with Crippen LogP contribution in [0.25, 0.3) is 0 Å². The fourth-order valence-electron chi connectivity index (χ4n) is 5.01. The Labute approximate surface area is 197 Å². The zero-order valence-corrected chi connectivity index (χ0v) is 19.3. The van der Waals surface area contributed by atoms with Crippen LogP contribution in [0.3, 0.4) is 0 Å². The van der Waals surface area contributed by atoms with Crippen LogP contribution in [0.4, 0.5) is 4.79 Å². The highest BCUT2D eigenvalue weighted by molar-refractivity contribution is 5.87. The van der Waals surface area contributed by atoms with Gasteiger partial charge in [0.2, 0.25) is 5.89 Å². The van der Waals surface area contributed by atoms with Crippen LogP contribution in [0, 0.1) is 0 Å². The standard InChI is InChI=1S/C24H31N5O5/c1-14(30)20-7-4-12-29(20)24(33)26-19(13-16-9-8-15-5-2-3-6-17(15)16)23-27-22(28-34-23)18(25)10-11-21(31)32/h2-3,5-6,16,18-20H,4,7-13,25H2,1H3,(H,26,33)(H,31,32)/t16?,18-,19-,20?/m0/s1. The number of nitrogens with two attached hydrogens (primary N) is 1. The van der Waals surface area contributed by atoms with Gasteiger partial charge in [-0.1, -0.05) is 29.4 Å². The van der Waals surface area contributed by atoms with Crippen LogP contribution >= 0.6 is 0 Å². The first-order chi connectivity index (χ1) is 16.3. The molecule has 2 unspecified atom stereocenters. The molecule has 0 bridgehead atoms. The number of hydrogen-bond donors (Lipinski definition) is 3. The Hall–Kier alpha value is -3.27. The molecule has 34 heavy (non-hydrogen) atoms. The summed E-state index contributed by atoms with van der Waals surface area (Å²) >= 11 is 0. The molecule has 1 fully saturated rings. The second kappa shape index (κ2) is 10.3. The molecule has 2 aromatic rings. The minimum Gasteiger partial charge on any atom is -0.481 e. The van der Waals surface area contributed by atoms with Crippen LogP contribution in [0.15, 0.2) is 28.8 Å². The third-order valence-electron chi connectivity index (χ3n) is 6.81. The third-order valence-corrected chi connectivity index (χ3v) is 6.81. The summed E-state index contributed by atoms with van der Waals surface area (Å²) in [7, 11) is 0. The summed E-state index contributed by atoms with van der Waals surface area (Å²) in [6, 6.07) is 6.27. The number of aliphatic carboxylic acids is 1. The molecule has 1 aliphatic carbocycles. The normalized spacial score (nSPS) is 21.2. The van der Waals surface area contributed by atoms with Gasteiger partial charge in [-0.05, 0) is 62.5 Å². The SMILES string of the molecule is CC(=O)C1CCCN1C(=O)N[C@@H](CC1CCc2ccccc21)c1nc([C@@H](N)CCC(=O)O)no1. The Morgan fingerprint density at radius 2 is 2.09 bits per heavy atom. The van der Waals surface area contributed by atoms with Crippen molar-refractivity contribution in [3.05, 3.63) is 47.1 Å². The Morgan fingerprint density at radius 3 is 2.85 bits per heavy atom. The van der Waals surface area contributed by atoms with Crippen molar-refractivity contribution >= 4 is 17.8 Å². The Balaban J connectivity index is 1.54. The molecule has 0 radical (unpaired) electrons. The smallest absolute Gasteiger partial charge is 0.318 e. The molecule has 182 valence electrons. The average molecular weight is 470 g/mol. The van der Waals surface area contributed by atoms with Gasteiger partial charge in [-0.15, -0.1) is 0 Å². The third kappa shape index (κ3) is 5.27. The molecular formula is C24H31N5O5. The number of carbonyl (C=O) groups is 3. The van der Waals surface area contributed by atoms with Crippen molar-refractivity contribution in [1.29, 1.82) is 0 Å². The maximum Gasteiger partial charge on any atom is 0.318 e. The van der Waals surface area contributed by atoms with E-state index in [1.165, 1.54) is 18.1 Å². The van der Waals surface area contributed by atoms with Crippen LogP contribution in [0.2, 0.25) is 0 Å². The number of aromatic nitrogens is 2. The number of hydrogen-bond acceptors (Lipinski definition) is 7. The minimum atomic E-state index is -0.949. The first-order valence-electron chi connectivity index (χ1n) is 11.8. The van der Waals surface area contributed by atoms with Gasteiger partial charge in [0.25, 0.3) is 0 Å². The number of fused-ring (bicyclic) bond motifs is 1. The number of amides is 2. The van der Waals surface area contributed by atoms with E-state index in [1.807, 2.05) is 12.1 Å². The topological polar surface area (TPSA) is 152 Å². The van der Waals surface area contributed by atoms with E-state index in [1.54, 1.807) is 4.90 Å². The number of ketones is 1. The van der Waals surface area contributed by atoms with Crippen LogP contribution in [0.1, 0.15) is 86.3 Å².